The third-order valence-electron chi connectivity index (χ3n) is 4.47. The van der Waals surface area contributed by atoms with Crippen molar-refractivity contribution in [3.05, 3.63) is 35.9 Å². The minimum atomic E-state index is 0.172. The lowest BCUT2D eigenvalue weighted by Crippen LogP contribution is -2.52. The summed E-state index contributed by atoms with van der Waals surface area (Å²) in [4.78, 5) is 16.6. The number of rotatable bonds is 5. The van der Waals surface area contributed by atoms with Crippen LogP contribution in [-0.2, 0) is 11.3 Å². The first-order valence-corrected chi connectivity index (χ1v) is 7.85. The molecule has 0 bridgehead atoms. The molecule has 1 heterocycles. The molecule has 2 unspecified atom stereocenters. The van der Waals surface area contributed by atoms with Gasteiger partial charge in [0, 0.05) is 32.2 Å². The molecule has 2 atom stereocenters. The van der Waals surface area contributed by atoms with E-state index in [1.54, 1.807) is 0 Å². The van der Waals surface area contributed by atoms with Crippen molar-refractivity contribution in [2.75, 3.05) is 20.1 Å². The summed E-state index contributed by atoms with van der Waals surface area (Å²) in [7, 11) is 1.88. The smallest absolute Gasteiger partial charge is 0.236 e. The van der Waals surface area contributed by atoms with Gasteiger partial charge < -0.3 is 10.6 Å². The number of benzene rings is 1. The molecule has 0 aliphatic carbocycles. The fourth-order valence-electron chi connectivity index (χ4n) is 3.10. The van der Waals surface area contributed by atoms with E-state index in [1.807, 2.05) is 30.1 Å². The van der Waals surface area contributed by atoms with E-state index < -0.39 is 0 Å². The van der Waals surface area contributed by atoms with E-state index in [0.29, 0.717) is 31.7 Å². The van der Waals surface area contributed by atoms with Crippen molar-refractivity contribution in [1.29, 1.82) is 0 Å². The molecule has 0 saturated carbocycles. The molecule has 2 N–H and O–H groups in total. The molecule has 4 heteroatoms. The van der Waals surface area contributed by atoms with Crippen molar-refractivity contribution in [3.8, 4) is 0 Å². The van der Waals surface area contributed by atoms with Gasteiger partial charge in [0.2, 0.25) is 5.91 Å². The van der Waals surface area contributed by atoms with Gasteiger partial charge in [0.1, 0.15) is 0 Å². The molecular weight excluding hydrogens is 262 g/mol. The van der Waals surface area contributed by atoms with Gasteiger partial charge in [-0.2, -0.15) is 0 Å². The van der Waals surface area contributed by atoms with E-state index in [4.69, 9.17) is 5.73 Å². The number of hydrogen-bond acceptors (Lipinski definition) is 3. The van der Waals surface area contributed by atoms with Gasteiger partial charge >= 0.3 is 0 Å². The average Bonchev–Trinajstić information content (AvgIpc) is 2.50. The van der Waals surface area contributed by atoms with Crippen LogP contribution in [-0.4, -0.2) is 47.9 Å². The second-order valence-corrected chi connectivity index (χ2v) is 6.08. The van der Waals surface area contributed by atoms with Gasteiger partial charge in [0.15, 0.2) is 0 Å². The van der Waals surface area contributed by atoms with Gasteiger partial charge in [0.05, 0.1) is 6.54 Å². The maximum Gasteiger partial charge on any atom is 0.236 e. The summed E-state index contributed by atoms with van der Waals surface area (Å²) < 4.78 is 0. The van der Waals surface area contributed by atoms with Crippen molar-refractivity contribution < 1.29 is 4.79 Å². The average molecular weight is 289 g/mol. The number of likely N-dealkylation sites (N-methyl/N-ethyl adjacent to an activating group) is 1. The van der Waals surface area contributed by atoms with E-state index in [0.717, 1.165) is 18.4 Å². The van der Waals surface area contributed by atoms with Crippen LogP contribution in [0.1, 0.15) is 31.7 Å². The highest BCUT2D eigenvalue weighted by atomic mass is 16.2. The second-order valence-electron chi connectivity index (χ2n) is 6.08. The minimum Gasteiger partial charge on any atom is -0.340 e. The monoisotopic (exact) mass is 289 g/mol. The molecule has 1 saturated heterocycles. The van der Waals surface area contributed by atoms with Crippen LogP contribution in [0.25, 0.3) is 0 Å². The van der Waals surface area contributed by atoms with Crippen molar-refractivity contribution in [1.82, 2.24) is 9.80 Å². The molecule has 0 radical (unpaired) electrons. The summed E-state index contributed by atoms with van der Waals surface area (Å²) in [6.45, 7) is 3.98. The quantitative estimate of drug-likeness (QED) is 0.900. The van der Waals surface area contributed by atoms with Crippen LogP contribution in [0, 0.1) is 0 Å². The number of carbonyl (C=O) groups excluding carboxylic acids is 1. The Morgan fingerprint density at radius 1 is 1.33 bits per heavy atom. The molecule has 1 aliphatic heterocycles. The second kappa shape index (κ2) is 7.57. The van der Waals surface area contributed by atoms with Crippen molar-refractivity contribution in [2.24, 2.45) is 5.73 Å². The lowest BCUT2D eigenvalue weighted by molar-refractivity contribution is -0.133. The van der Waals surface area contributed by atoms with Gasteiger partial charge in [0.25, 0.3) is 0 Å². The van der Waals surface area contributed by atoms with E-state index in [2.05, 4.69) is 24.0 Å². The molecule has 1 amide bonds. The van der Waals surface area contributed by atoms with Gasteiger partial charge in [-0.05, 0) is 25.3 Å². The van der Waals surface area contributed by atoms with Crippen LogP contribution < -0.4 is 5.73 Å². The Balaban J connectivity index is 1.93. The molecule has 1 fully saturated rings. The van der Waals surface area contributed by atoms with Crippen LogP contribution in [0.5, 0.6) is 0 Å². The maximum absolute atomic E-state index is 12.5. The maximum atomic E-state index is 12.5. The summed E-state index contributed by atoms with van der Waals surface area (Å²) in [5, 5.41) is 0. The highest BCUT2D eigenvalue weighted by molar-refractivity contribution is 5.78. The van der Waals surface area contributed by atoms with Crippen LogP contribution >= 0.6 is 0 Å². The SMILES string of the molecule is CC1CCCC(CN)N1CC(=O)N(C)Cc1ccccc1. The van der Waals surface area contributed by atoms with Crippen molar-refractivity contribution in [3.63, 3.8) is 0 Å². The molecule has 1 aromatic carbocycles. The van der Waals surface area contributed by atoms with Gasteiger partial charge in [-0.25, -0.2) is 0 Å². The summed E-state index contributed by atoms with van der Waals surface area (Å²) in [6.07, 6.45) is 3.48. The number of nitrogens with two attached hydrogens (primary N) is 1. The van der Waals surface area contributed by atoms with E-state index >= 15 is 0 Å². The van der Waals surface area contributed by atoms with Gasteiger partial charge in [-0.15, -0.1) is 0 Å². The third kappa shape index (κ3) is 4.29. The highest BCUT2D eigenvalue weighted by Crippen LogP contribution is 2.22. The molecular formula is C17H27N3O. The molecule has 4 nitrogen and oxygen atoms in total. The first-order valence-electron chi connectivity index (χ1n) is 7.85. The zero-order valence-electron chi connectivity index (χ0n) is 13.2. The Hall–Kier alpha value is -1.39. The lowest BCUT2D eigenvalue weighted by Gasteiger charge is -2.40. The molecule has 1 aromatic rings. The minimum absolute atomic E-state index is 0.172. The van der Waals surface area contributed by atoms with Gasteiger partial charge in [-0.1, -0.05) is 36.8 Å². The molecule has 2 rings (SSSR count). The van der Waals surface area contributed by atoms with E-state index in [-0.39, 0.29) is 5.91 Å². The summed E-state index contributed by atoms with van der Waals surface area (Å²) in [5.74, 6) is 0.172. The third-order valence-corrected chi connectivity index (χ3v) is 4.47. The zero-order chi connectivity index (χ0) is 15.2. The number of amides is 1. The summed E-state index contributed by atoms with van der Waals surface area (Å²) in [5.41, 5.74) is 7.03. The van der Waals surface area contributed by atoms with E-state index in [1.165, 1.54) is 6.42 Å². The number of piperidine rings is 1. The highest BCUT2D eigenvalue weighted by Gasteiger charge is 2.29. The van der Waals surface area contributed by atoms with Crippen molar-refractivity contribution in [2.45, 2.75) is 44.8 Å². The summed E-state index contributed by atoms with van der Waals surface area (Å²) in [6, 6.07) is 10.9. The number of nitrogens with zero attached hydrogens (tertiary/aromatic N) is 2. The first-order chi connectivity index (χ1) is 10.1. The normalized spacial score (nSPS) is 23.0. The van der Waals surface area contributed by atoms with Crippen LogP contribution in [0.2, 0.25) is 0 Å². The van der Waals surface area contributed by atoms with Crippen molar-refractivity contribution >= 4 is 5.91 Å². The Kier molecular flexibility index (Phi) is 5.76. The fourth-order valence-corrected chi connectivity index (χ4v) is 3.10. The fraction of sp³-hybridized carbons (Fsp3) is 0.588. The topological polar surface area (TPSA) is 49.6 Å². The number of likely N-dealkylation sites (tertiary alicyclic amines) is 1. The van der Waals surface area contributed by atoms with Crippen LogP contribution in [0.3, 0.4) is 0 Å². The Morgan fingerprint density at radius 3 is 2.71 bits per heavy atom. The Morgan fingerprint density at radius 2 is 2.05 bits per heavy atom. The Labute approximate surface area is 127 Å². The standard InChI is InChI=1S/C17H27N3O/c1-14-7-6-10-16(11-18)20(14)13-17(21)19(2)12-15-8-4-3-5-9-15/h3-5,8-9,14,16H,6-7,10-13,18H2,1-2H3. The predicted octanol–water partition coefficient (Wildman–Crippen LogP) is 1.85. The van der Waals surface area contributed by atoms with Crippen LogP contribution in [0.4, 0.5) is 0 Å². The first kappa shape index (κ1) is 16.0. The molecule has 116 valence electrons. The lowest BCUT2D eigenvalue weighted by atomic mass is 9.96. The summed E-state index contributed by atoms with van der Waals surface area (Å²) >= 11 is 0. The molecule has 1 aliphatic rings. The molecule has 0 spiro atoms. The molecule has 21 heavy (non-hydrogen) atoms. The number of hydrogen-bond donors (Lipinski definition) is 1. The number of carbonyl (C=O) groups is 1. The van der Waals surface area contributed by atoms with Gasteiger partial charge in [-0.3, -0.25) is 9.69 Å². The Bertz CT molecular complexity index is 449. The largest absolute Gasteiger partial charge is 0.340 e. The molecule has 0 aromatic heterocycles. The van der Waals surface area contributed by atoms with Crippen LogP contribution in [0.15, 0.2) is 30.3 Å². The zero-order valence-corrected chi connectivity index (χ0v) is 13.2. The van der Waals surface area contributed by atoms with E-state index in [9.17, 15) is 4.79 Å². The predicted molar refractivity (Wildman–Crippen MR) is 85.8 cm³/mol.